The third kappa shape index (κ3) is 3.96. The first-order chi connectivity index (χ1) is 9.40. The molecule has 6 nitrogen and oxygen atoms in total. The molecule has 7 heteroatoms. The van der Waals surface area contributed by atoms with E-state index in [0.717, 1.165) is 11.8 Å². The van der Waals surface area contributed by atoms with Crippen LogP contribution in [0, 0.1) is 0 Å². The quantitative estimate of drug-likeness (QED) is 0.670. The van der Waals surface area contributed by atoms with Crippen molar-refractivity contribution in [3.8, 4) is 11.5 Å². The summed E-state index contributed by atoms with van der Waals surface area (Å²) in [4.78, 5) is 21.7. The van der Waals surface area contributed by atoms with Gasteiger partial charge in [0.15, 0.2) is 22.9 Å². The molecule has 2 atom stereocenters. The number of ether oxygens (including phenoxy) is 1. The lowest BCUT2D eigenvalue weighted by atomic mass is 10.0. The van der Waals surface area contributed by atoms with Gasteiger partial charge in [-0.25, -0.2) is 0 Å². The molecule has 0 bridgehead atoms. The normalized spacial score (nSPS) is 13.6. The molecule has 0 fully saturated rings. The number of rotatable bonds is 6. The number of thioether (sulfide) groups is 1. The molecule has 0 saturated heterocycles. The Balaban J connectivity index is 3.00. The Hall–Kier alpha value is -1.57. The van der Waals surface area contributed by atoms with Gasteiger partial charge in [-0.05, 0) is 17.7 Å². The lowest BCUT2D eigenvalue weighted by Gasteiger charge is -2.19. The van der Waals surface area contributed by atoms with Crippen LogP contribution < -0.4 is 4.74 Å². The molecule has 0 aliphatic carbocycles. The average molecular weight is 300 g/mol. The SMILES string of the molecule is COc1cc(C(O)C(O)CSC(C)=O)cc(C=O)c1O. The number of benzene rings is 1. The van der Waals surface area contributed by atoms with Crippen LogP contribution >= 0.6 is 11.8 Å². The lowest BCUT2D eigenvalue weighted by Crippen LogP contribution is -2.21. The van der Waals surface area contributed by atoms with E-state index in [1.165, 1.54) is 26.2 Å². The number of aliphatic hydroxyl groups excluding tert-OH is 2. The van der Waals surface area contributed by atoms with Crippen LogP contribution in [-0.4, -0.2) is 45.7 Å². The third-order valence-corrected chi connectivity index (χ3v) is 3.55. The molecule has 1 aromatic rings. The van der Waals surface area contributed by atoms with Crippen molar-refractivity contribution >= 4 is 23.2 Å². The van der Waals surface area contributed by atoms with Crippen molar-refractivity contribution in [2.45, 2.75) is 19.1 Å². The van der Waals surface area contributed by atoms with Crippen LogP contribution in [-0.2, 0) is 4.79 Å². The summed E-state index contributed by atoms with van der Waals surface area (Å²) in [5.41, 5.74) is 0.170. The van der Waals surface area contributed by atoms with Crippen LogP contribution in [0.3, 0.4) is 0 Å². The second kappa shape index (κ2) is 7.28. The maximum absolute atomic E-state index is 10.8. The zero-order valence-corrected chi connectivity index (χ0v) is 11.9. The first kappa shape index (κ1) is 16.5. The fraction of sp³-hybridized carbons (Fsp3) is 0.385. The highest BCUT2D eigenvalue weighted by Crippen LogP contribution is 2.33. The van der Waals surface area contributed by atoms with E-state index in [2.05, 4.69) is 0 Å². The molecule has 2 unspecified atom stereocenters. The lowest BCUT2D eigenvalue weighted by molar-refractivity contribution is -0.109. The molecular formula is C13H16O6S. The van der Waals surface area contributed by atoms with Gasteiger partial charge >= 0.3 is 0 Å². The molecule has 0 aliphatic heterocycles. The van der Waals surface area contributed by atoms with E-state index in [0.29, 0.717) is 6.29 Å². The molecule has 0 radical (unpaired) electrons. The fourth-order valence-corrected chi connectivity index (χ4v) is 2.17. The van der Waals surface area contributed by atoms with E-state index in [1.807, 2.05) is 0 Å². The van der Waals surface area contributed by atoms with E-state index in [1.54, 1.807) is 0 Å². The van der Waals surface area contributed by atoms with Crippen molar-refractivity contribution in [3.05, 3.63) is 23.3 Å². The molecule has 110 valence electrons. The summed E-state index contributed by atoms with van der Waals surface area (Å²) in [7, 11) is 1.31. The van der Waals surface area contributed by atoms with Gasteiger partial charge in [-0.3, -0.25) is 9.59 Å². The van der Waals surface area contributed by atoms with Gasteiger partial charge in [-0.2, -0.15) is 0 Å². The Morgan fingerprint density at radius 1 is 1.45 bits per heavy atom. The molecule has 1 rings (SSSR count). The van der Waals surface area contributed by atoms with Gasteiger partial charge in [0.25, 0.3) is 0 Å². The molecule has 0 heterocycles. The summed E-state index contributed by atoms with van der Waals surface area (Å²) in [6, 6.07) is 2.59. The number of hydrogen-bond donors (Lipinski definition) is 3. The Labute approximate surface area is 120 Å². The highest BCUT2D eigenvalue weighted by atomic mass is 32.2. The van der Waals surface area contributed by atoms with E-state index < -0.39 is 12.2 Å². The first-order valence-electron chi connectivity index (χ1n) is 5.76. The third-order valence-electron chi connectivity index (χ3n) is 2.64. The number of aliphatic hydroxyl groups is 2. The van der Waals surface area contributed by atoms with Crippen LogP contribution in [0.1, 0.15) is 28.9 Å². The predicted octanol–water partition coefficient (Wildman–Crippen LogP) is 0.887. The summed E-state index contributed by atoms with van der Waals surface area (Å²) in [6.45, 7) is 1.36. The molecule has 0 saturated carbocycles. The number of hydrogen-bond acceptors (Lipinski definition) is 7. The minimum absolute atomic E-state index is 0.0232. The molecule has 0 amide bonds. The van der Waals surface area contributed by atoms with Crippen LogP contribution in [0.25, 0.3) is 0 Å². The maximum atomic E-state index is 10.8. The smallest absolute Gasteiger partial charge is 0.185 e. The molecule has 0 aromatic heterocycles. The number of aromatic hydroxyl groups is 1. The highest BCUT2D eigenvalue weighted by Gasteiger charge is 2.22. The van der Waals surface area contributed by atoms with Gasteiger partial charge in [-0.1, -0.05) is 11.8 Å². The van der Waals surface area contributed by atoms with Crippen molar-refractivity contribution in [1.82, 2.24) is 0 Å². The zero-order valence-electron chi connectivity index (χ0n) is 11.1. The number of aldehydes is 1. The van der Waals surface area contributed by atoms with Gasteiger partial charge in [-0.15, -0.1) is 0 Å². The van der Waals surface area contributed by atoms with E-state index >= 15 is 0 Å². The zero-order chi connectivity index (χ0) is 15.3. The van der Waals surface area contributed by atoms with Crippen molar-refractivity contribution in [1.29, 1.82) is 0 Å². The summed E-state index contributed by atoms with van der Waals surface area (Å²) in [6.07, 6.45) is -2.06. The Morgan fingerprint density at radius 2 is 2.10 bits per heavy atom. The standard InChI is InChI=1S/C13H16O6S/c1-7(15)20-6-10(16)12(17)8-3-9(5-14)13(18)11(4-8)19-2/h3-5,10,12,16-18H,6H2,1-2H3. The number of carbonyl (C=O) groups is 2. The van der Waals surface area contributed by atoms with Crippen LogP contribution in [0.15, 0.2) is 12.1 Å². The van der Waals surface area contributed by atoms with Gasteiger partial charge < -0.3 is 20.1 Å². The summed E-state index contributed by atoms with van der Waals surface area (Å²) < 4.78 is 4.90. The van der Waals surface area contributed by atoms with Gasteiger partial charge in [0.1, 0.15) is 6.10 Å². The summed E-state index contributed by atoms with van der Waals surface area (Å²) in [5, 5.41) is 29.3. The topological polar surface area (TPSA) is 104 Å². The number of carbonyl (C=O) groups excluding carboxylic acids is 2. The summed E-state index contributed by atoms with van der Waals surface area (Å²) in [5.74, 6) is -0.281. The van der Waals surface area contributed by atoms with Crippen molar-refractivity contribution in [2.24, 2.45) is 0 Å². The van der Waals surface area contributed by atoms with Crippen molar-refractivity contribution in [3.63, 3.8) is 0 Å². The van der Waals surface area contributed by atoms with Crippen molar-refractivity contribution < 1.29 is 29.6 Å². The van der Waals surface area contributed by atoms with Gasteiger partial charge in [0.2, 0.25) is 0 Å². The predicted molar refractivity (Wildman–Crippen MR) is 74.2 cm³/mol. The van der Waals surface area contributed by atoms with E-state index in [9.17, 15) is 24.9 Å². The Bertz CT molecular complexity index is 502. The Morgan fingerprint density at radius 3 is 2.60 bits per heavy atom. The number of methoxy groups -OCH3 is 1. The maximum Gasteiger partial charge on any atom is 0.185 e. The highest BCUT2D eigenvalue weighted by molar-refractivity contribution is 8.13. The molecule has 20 heavy (non-hydrogen) atoms. The number of phenols is 1. The summed E-state index contributed by atoms with van der Waals surface area (Å²) >= 11 is 0.886. The van der Waals surface area contributed by atoms with E-state index in [-0.39, 0.29) is 33.5 Å². The van der Waals surface area contributed by atoms with E-state index in [4.69, 9.17) is 4.74 Å². The fourth-order valence-electron chi connectivity index (χ4n) is 1.58. The largest absolute Gasteiger partial charge is 0.504 e. The minimum Gasteiger partial charge on any atom is -0.504 e. The van der Waals surface area contributed by atoms with Crippen molar-refractivity contribution in [2.75, 3.05) is 12.9 Å². The molecule has 0 spiro atoms. The monoisotopic (exact) mass is 300 g/mol. The van der Waals surface area contributed by atoms with Crippen LogP contribution in [0.2, 0.25) is 0 Å². The van der Waals surface area contributed by atoms with Crippen LogP contribution in [0.5, 0.6) is 11.5 Å². The second-order valence-electron chi connectivity index (χ2n) is 4.09. The average Bonchev–Trinajstić information content (AvgIpc) is 2.44. The first-order valence-corrected chi connectivity index (χ1v) is 6.74. The molecule has 1 aromatic carbocycles. The van der Waals surface area contributed by atoms with Crippen LogP contribution in [0.4, 0.5) is 0 Å². The second-order valence-corrected chi connectivity index (χ2v) is 5.29. The molecular weight excluding hydrogens is 284 g/mol. The number of phenolic OH excluding ortho intramolecular Hbond substituents is 1. The van der Waals surface area contributed by atoms with Gasteiger partial charge in [0.05, 0.1) is 18.8 Å². The van der Waals surface area contributed by atoms with Gasteiger partial charge in [0, 0.05) is 12.7 Å². The Kier molecular flexibility index (Phi) is 6.00. The minimum atomic E-state index is -1.30. The molecule has 0 aliphatic rings. The molecule has 3 N–H and O–H groups in total.